The van der Waals surface area contributed by atoms with E-state index in [-0.39, 0.29) is 38.2 Å². The number of aliphatic hydroxyl groups excluding tert-OH is 2. The molecule has 2 fully saturated rings. The van der Waals surface area contributed by atoms with Crippen molar-refractivity contribution >= 4 is 59.1 Å². The van der Waals surface area contributed by atoms with Crippen molar-refractivity contribution in [3.8, 4) is 69.1 Å². The number of aliphatic hydroxyl groups is 2. The van der Waals surface area contributed by atoms with Crippen molar-refractivity contribution in [3.63, 3.8) is 0 Å². The van der Waals surface area contributed by atoms with Crippen LogP contribution >= 0.6 is 47.0 Å². The number of nitrogens with two attached hydrogens (primary N) is 2. The SMILES string of the molecule is Cc1coc(-c2coc(-c3nc(C(N)COCc4ccccc4)oc3CCN(C)C)n2)n1.Cc1coc(-c2coc(C(N)C(O)CCN(C)C)n2)n1.Cc1coc(-c2coc(C3(C(O)CCN(C)C)SCCCS3)n2)n1.Cc1coc(-c2coc(C3SCCCS3)n2)n1.O=C(NC(COCc1ccccc1)C(=O)O)OCC1c2ccccc2-c2ccccc21. The first-order valence-corrected chi connectivity index (χ1v) is 44.4. The third-order valence-corrected chi connectivity index (χ3v) is 25.6. The molecule has 16 rings (SSSR count). The Morgan fingerprint density at radius 2 is 1.00 bits per heavy atom. The highest BCUT2D eigenvalue weighted by Crippen LogP contribution is 2.54. The Balaban J connectivity index is 0.000000144. The molecule has 8 N–H and O–H groups in total. The van der Waals surface area contributed by atoms with Gasteiger partial charge in [-0.3, -0.25) is 0 Å². The average molecular weight is 1770 g/mol. The molecule has 2 saturated heterocycles. The third-order valence-electron chi connectivity index (χ3n) is 19.3. The molecule has 4 aromatic carbocycles. The molecule has 9 aromatic heterocycles. The molecule has 3 aliphatic rings. The number of oxazole rings is 9. The number of amides is 1. The van der Waals surface area contributed by atoms with Crippen LogP contribution in [0.5, 0.6) is 0 Å². The van der Waals surface area contributed by atoms with E-state index < -0.39 is 46.5 Å². The van der Waals surface area contributed by atoms with Crippen LogP contribution in [0.15, 0.2) is 199 Å². The molecule has 32 nitrogen and oxygen atoms in total. The van der Waals surface area contributed by atoms with E-state index in [0.29, 0.717) is 106 Å². The van der Waals surface area contributed by atoms with Crippen LogP contribution in [-0.4, -0.2) is 210 Å². The van der Waals surface area contributed by atoms with Gasteiger partial charge in [0, 0.05) is 32.0 Å². The molecule has 11 heterocycles. The number of alkyl carbamates (subject to hydrolysis) is 1. The van der Waals surface area contributed by atoms with Crippen LogP contribution in [0.1, 0.15) is 123 Å². The van der Waals surface area contributed by atoms with Crippen molar-refractivity contribution in [2.45, 2.75) is 118 Å². The molecule has 5 unspecified atom stereocenters. The molecule has 658 valence electrons. The van der Waals surface area contributed by atoms with E-state index >= 15 is 0 Å². The molecule has 1 aliphatic carbocycles. The Hall–Kier alpha value is -10.5. The van der Waals surface area contributed by atoms with Gasteiger partial charge >= 0.3 is 12.1 Å². The van der Waals surface area contributed by atoms with Crippen molar-refractivity contribution in [3.05, 3.63) is 234 Å². The number of hydrogen-bond donors (Lipinski definition) is 6. The van der Waals surface area contributed by atoms with E-state index in [2.05, 4.69) is 72.1 Å². The summed E-state index contributed by atoms with van der Waals surface area (Å²) in [7, 11) is 11.9. The van der Waals surface area contributed by atoms with Crippen molar-refractivity contribution in [1.82, 2.24) is 64.9 Å². The lowest BCUT2D eigenvalue weighted by Gasteiger charge is -2.37. The fraction of sp³-hybridized carbons (Fsp3) is 0.398. The van der Waals surface area contributed by atoms with Gasteiger partial charge in [-0.25, -0.2) is 54.4 Å². The molecule has 0 radical (unpaired) electrons. The number of carboxylic acid groups (broad SMARTS) is 1. The molecule has 13 aromatic rings. The Morgan fingerprint density at radius 1 is 0.524 bits per heavy atom. The average Bonchev–Trinajstić information content (AvgIpc) is 1.56. The molecular weight excluding hydrogens is 1670 g/mol. The number of aromatic nitrogens is 9. The number of fused-ring (bicyclic) bond motifs is 3. The van der Waals surface area contributed by atoms with E-state index in [9.17, 15) is 24.9 Å². The van der Waals surface area contributed by atoms with Gasteiger partial charge < -0.3 is 101 Å². The second-order valence-corrected chi connectivity index (χ2v) is 35.8. The number of carbonyl (C=O) groups is 2. The highest BCUT2D eigenvalue weighted by molar-refractivity contribution is 8.18. The lowest BCUT2D eigenvalue weighted by atomic mass is 9.98. The van der Waals surface area contributed by atoms with Crippen LogP contribution in [0.25, 0.3) is 69.1 Å². The maximum atomic E-state index is 12.3. The molecule has 0 spiro atoms. The van der Waals surface area contributed by atoms with Gasteiger partial charge in [0.1, 0.15) is 79.1 Å². The number of nitrogens with one attached hydrogen (secondary N) is 1. The van der Waals surface area contributed by atoms with Gasteiger partial charge in [-0.2, -0.15) is 0 Å². The molecule has 5 atom stereocenters. The minimum absolute atomic E-state index is 0.0873. The molecule has 124 heavy (non-hydrogen) atoms. The second-order valence-electron chi connectivity index (χ2n) is 30.2. The van der Waals surface area contributed by atoms with Crippen LogP contribution in [0.2, 0.25) is 0 Å². The lowest BCUT2D eigenvalue weighted by molar-refractivity contribution is -0.141. The number of carbonyl (C=O) groups excluding carboxylic acids is 1. The zero-order valence-corrected chi connectivity index (χ0v) is 74.1. The topological polar surface area (TPSA) is 431 Å². The standard InChI is InChI=1S/C25H23NO5.C23H27N5O4.C16H23N3O3S2.C13H20N4O3.C11H12N2O2S2/c27-24(28)23(16-30-14-17-8-2-1-3-9-17)26-25(29)31-15-22-20-12-6-4-10-18(20)19-11-5-7-13-21(19)22;1-15-11-30-22(25-15)18-14-31-23(26-18)20-19(9-10-28(2)3)32-21(27-20)17(24)13-29-12-16-7-5-4-6-8-16;1-11-9-21-14(17-11)12-10-22-15(18-12)16(23-7-4-8-24-16)13(20)5-6-19(2)3;1-8-6-19-12(15-8)9-7-20-13(16-9)11(14)10(18)4-5-17(2)3;1-7-5-14-9(12-7)8-6-15-10(13-8)11-16-3-2-4-17-11/h1-13,22-23H,14-16H2,(H,26,29)(H,27,28);4-8,11,14,17H,9-10,12-13,24H2,1-3H3;9-10,13,20H,4-8H2,1-3H3;6-7,10-11,18H,4-5,14H2,1-3H3;5-6,11H,2-4H2,1H3. The molecule has 36 heteroatoms. The van der Waals surface area contributed by atoms with E-state index in [0.717, 1.165) is 99.6 Å². The van der Waals surface area contributed by atoms with E-state index in [4.69, 9.17) is 65.4 Å². The lowest BCUT2D eigenvalue weighted by Crippen LogP contribution is -2.44. The first-order chi connectivity index (χ1) is 59.9. The summed E-state index contributed by atoms with van der Waals surface area (Å²) in [4.78, 5) is 69.3. The Kier molecular flexibility index (Phi) is 34.0. The first kappa shape index (κ1) is 92.7. The number of aryl methyl sites for hydroxylation is 4. The van der Waals surface area contributed by atoms with Crippen LogP contribution in [0, 0.1) is 27.7 Å². The summed E-state index contributed by atoms with van der Waals surface area (Å²) in [5.41, 5.74) is 24.6. The van der Waals surface area contributed by atoms with Crippen molar-refractivity contribution in [1.29, 1.82) is 0 Å². The fourth-order valence-corrected chi connectivity index (χ4v) is 18.8. The Morgan fingerprint density at radius 3 is 1.54 bits per heavy atom. The number of benzene rings is 4. The minimum atomic E-state index is -1.20. The predicted octanol–water partition coefficient (Wildman–Crippen LogP) is 15.2. The van der Waals surface area contributed by atoms with Gasteiger partial charge in [0.05, 0.1) is 61.4 Å². The number of nitrogens with zero attached hydrogens (tertiary/aromatic N) is 12. The van der Waals surface area contributed by atoms with Crippen LogP contribution < -0.4 is 16.8 Å². The van der Waals surface area contributed by atoms with Crippen LogP contribution in [0.4, 0.5) is 4.79 Å². The van der Waals surface area contributed by atoms with Crippen molar-refractivity contribution in [2.24, 2.45) is 11.5 Å². The fourth-order valence-electron chi connectivity index (χ4n) is 12.8. The zero-order valence-electron chi connectivity index (χ0n) is 70.8. The summed E-state index contributed by atoms with van der Waals surface area (Å²) < 4.78 is 66.0. The summed E-state index contributed by atoms with van der Waals surface area (Å²) in [6, 6.07) is 33.0. The highest BCUT2D eigenvalue weighted by atomic mass is 32.2. The Labute approximate surface area is 735 Å². The molecular formula is C88H105N15O17S4. The molecule has 0 saturated carbocycles. The monoisotopic (exact) mass is 1770 g/mol. The van der Waals surface area contributed by atoms with E-state index in [1.165, 1.54) is 36.7 Å². The Bertz CT molecular complexity index is 5370. The molecule has 0 bridgehead atoms. The predicted molar refractivity (Wildman–Crippen MR) is 472 cm³/mol. The normalized spacial score (nSPS) is 14.9. The van der Waals surface area contributed by atoms with Gasteiger partial charge in [-0.1, -0.05) is 109 Å². The molecule has 1 amide bonds. The maximum absolute atomic E-state index is 12.3. The van der Waals surface area contributed by atoms with Crippen LogP contribution in [-0.2, 0) is 42.7 Å². The summed E-state index contributed by atoms with van der Waals surface area (Å²) in [5.74, 6) is 7.78. The zero-order chi connectivity index (χ0) is 87.7. The van der Waals surface area contributed by atoms with Crippen molar-refractivity contribution in [2.75, 3.05) is 105 Å². The minimum Gasteiger partial charge on any atom is -0.480 e. The van der Waals surface area contributed by atoms with E-state index in [1.54, 1.807) is 54.8 Å². The van der Waals surface area contributed by atoms with Gasteiger partial charge in [0.15, 0.2) is 38.6 Å². The summed E-state index contributed by atoms with van der Waals surface area (Å²) in [6.07, 6.45) is 14.6. The molecule has 2 aliphatic heterocycles. The van der Waals surface area contributed by atoms with Gasteiger partial charge in [-0.05, 0) is 152 Å². The smallest absolute Gasteiger partial charge is 0.407 e. The van der Waals surface area contributed by atoms with Crippen LogP contribution in [0.3, 0.4) is 0 Å². The van der Waals surface area contributed by atoms with Crippen molar-refractivity contribution < 1.29 is 78.9 Å². The van der Waals surface area contributed by atoms with E-state index in [1.807, 2.05) is 195 Å². The van der Waals surface area contributed by atoms with Gasteiger partial charge in [0.25, 0.3) is 0 Å². The highest BCUT2D eigenvalue weighted by Gasteiger charge is 2.47. The number of carboxylic acids is 1. The maximum Gasteiger partial charge on any atom is 0.407 e. The summed E-state index contributed by atoms with van der Waals surface area (Å²) in [5, 5.41) is 32.7. The van der Waals surface area contributed by atoms with Gasteiger partial charge in [0.2, 0.25) is 53.0 Å². The number of rotatable bonds is 32. The third kappa shape index (κ3) is 25.9. The summed E-state index contributed by atoms with van der Waals surface area (Å²) >= 11 is 7.22. The quantitative estimate of drug-likeness (QED) is 0.0228. The number of likely N-dealkylation sites (N-methyl/N-ethyl adjacent to an activating group) is 1. The number of hydrogen-bond acceptors (Lipinski definition) is 34. The number of aliphatic carboxylic acids is 1. The number of thioether (sulfide) groups is 4. The second kappa shape index (κ2) is 45.4. The number of ether oxygens (including phenoxy) is 3. The first-order valence-electron chi connectivity index (χ1n) is 40.4. The summed E-state index contributed by atoms with van der Waals surface area (Å²) in [6.45, 7) is 10.7. The largest absolute Gasteiger partial charge is 0.480 e. The van der Waals surface area contributed by atoms with Gasteiger partial charge in [-0.15, -0.1) is 47.0 Å².